The molecule has 2 N–H and O–H groups in total. The molecule has 1 aliphatic rings. The number of nitrogens with zero attached hydrogens (tertiary/aromatic N) is 1. The average Bonchev–Trinajstić information content (AvgIpc) is 2.77. The number of anilines is 1. The van der Waals surface area contributed by atoms with Gasteiger partial charge >= 0.3 is 6.03 Å². The van der Waals surface area contributed by atoms with Crippen molar-refractivity contribution in [3.05, 3.63) is 65.8 Å². The molecule has 8 heteroatoms. The molecule has 0 unspecified atom stereocenters. The first kappa shape index (κ1) is 22.6. The van der Waals surface area contributed by atoms with Crippen molar-refractivity contribution in [2.45, 2.75) is 19.8 Å². The Kier molecular flexibility index (Phi) is 6.94. The van der Waals surface area contributed by atoms with Crippen LogP contribution in [0.1, 0.15) is 24.5 Å². The zero-order valence-corrected chi connectivity index (χ0v) is 17.9. The standard InChI is InChI=1S/C24H24N2O6/c1-4-6-16-12-15(14-20(31-3)21(16)32-11-5-2)13-19-22(28)25-24(30)26(23(19)29)17-7-9-18(27)10-8-17/h4,7-10,12-14,27H,1,5-6,11H2,2-3H3,(H,25,28,30)/b19-13+. The summed E-state index contributed by atoms with van der Waals surface area (Å²) in [5.74, 6) is -0.556. The number of amides is 4. The third kappa shape index (κ3) is 4.64. The molecule has 0 aliphatic carbocycles. The number of benzene rings is 2. The van der Waals surface area contributed by atoms with Crippen LogP contribution in [0.3, 0.4) is 0 Å². The molecule has 0 aromatic heterocycles. The van der Waals surface area contributed by atoms with E-state index in [4.69, 9.17) is 9.47 Å². The molecular weight excluding hydrogens is 412 g/mol. The number of aromatic hydroxyl groups is 1. The quantitative estimate of drug-likeness (QED) is 0.372. The molecule has 2 aromatic carbocycles. The monoisotopic (exact) mass is 436 g/mol. The summed E-state index contributed by atoms with van der Waals surface area (Å²) in [6.07, 6.45) is 4.42. The lowest BCUT2D eigenvalue weighted by molar-refractivity contribution is -0.122. The van der Waals surface area contributed by atoms with Gasteiger partial charge in [0, 0.05) is 5.56 Å². The first-order valence-electron chi connectivity index (χ1n) is 10.0. The lowest BCUT2D eigenvalue weighted by Gasteiger charge is -2.26. The highest BCUT2D eigenvalue weighted by molar-refractivity contribution is 6.39. The van der Waals surface area contributed by atoms with Crippen LogP contribution in [0.15, 0.2) is 54.6 Å². The van der Waals surface area contributed by atoms with E-state index >= 15 is 0 Å². The Labute approximate surface area is 185 Å². The Morgan fingerprint density at radius 3 is 2.50 bits per heavy atom. The molecule has 1 heterocycles. The SMILES string of the molecule is C=CCc1cc(/C=C2\C(=O)NC(=O)N(c3ccc(O)cc3)C2=O)cc(OC)c1OCCC. The number of allylic oxidation sites excluding steroid dienone is 1. The van der Waals surface area contributed by atoms with Gasteiger partial charge in [-0.2, -0.15) is 0 Å². The number of urea groups is 1. The summed E-state index contributed by atoms with van der Waals surface area (Å²) in [7, 11) is 1.51. The maximum atomic E-state index is 13.1. The number of phenols is 1. The van der Waals surface area contributed by atoms with Crippen LogP contribution in [0, 0.1) is 0 Å². The molecule has 166 valence electrons. The summed E-state index contributed by atoms with van der Waals surface area (Å²) in [6.45, 7) is 6.27. The number of imide groups is 2. The second-order valence-electron chi connectivity index (χ2n) is 7.03. The van der Waals surface area contributed by atoms with Crippen LogP contribution < -0.4 is 19.7 Å². The molecule has 8 nitrogen and oxygen atoms in total. The lowest BCUT2D eigenvalue weighted by Crippen LogP contribution is -2.54. The van der Waals surface area contributed by atoms with Gasteiger partial charge in [0.05, 0.1) is 19.4 Å². The van der Waals surface area contributed by atoms with Gasteiger partial charge in [0.15, 0.2) is 11.5 Å². The number of hydrogen-bond donors (Lipinski definition) is 2. The summed E-state index contributed by atoms with van der Waals surface area (Å²) < 4.78 is 11.3. The van der Waals surface area contributed by atoms with Gasteiger partial charge in [-0.15, -0.1) is 6.58 Å². The minimum Gasteiger partial charge on any atom is -0.508 e. The second kappa shape index (κ2) is 9.82. The molecule has 0 bridgehead atoms. The van der Waals surface area contributed by atoms with Crippen molar-refractivity contribution in [3.8, 4) is 17.2 Å². The van der Waals surface area contributed by atoms with Crippen molar-refractivity contribution in [1.82, 2.24) is 5.32 Å². The first-order chi connectivity index (χ1) is 15.4. The van der Waals surface area contributed by atoms with E-state index in [1.807, 2.05) is 6.92 Å². The number of hydrogen-bond acceptors (Lipinski definition) is 6. The number of rotatable bonds is 8. The Morgan fingerprint density at radius 1 is 1.16 bits per heavy atom. The number of carbonyl (C=O) groups is 3. The van der Waals surface area contributed by atoms with Gasteiger partial charge in [-0.25, -0.2) is 9.69 Å². The number of nitrogens with one attached hydrogen (secondary N) is 1. The topological polar surface area (TPSA) is 105 Å². The fourth-order valence-corrected chi connectivity index (χ4v) is 3.25. The minimum absolute atomic E-state index is 0.0160. The Morgan fingerprint density at radius 2 is 1.88 bits per heavy atom. The molecule has 3 rings (SSSR count). The number of barbiturate groups is 1. The Balaban J connectivity index is 2.04. The maximum absolute atomic E-state index is 13.1. The van der Waals surface area contributed by atoms with E-state index in [2.05, 4.69) is 11.9 Å². The van der Waals surface area contributed by atoms with Crippen molar-refractivity contribution < 1.29 is 29.0 Å². The highest BCUT2D eigenvalue weighted by atomic mass is 16.5. The summed E-state index contributed by atoms with van der Waals surface area (Å²) in [4.78, 5) is 38.7. The molecule has 0 saturated carbocycles. The summed E-state index contributed by atoms with van der Waals surface area (Å²) in [6, 6.07) is 8.08. The van der Waals surface area contributed by atoms with Gasteiger partial charge < -0.3 is 14.6 Å². The van der Waals surface area contributed by atoms with Crippen LogP contribution in [0.25, 0.3) is 6.08 Å². The van der Waals surface area contributed by atoms with Gasteiger partial charge in [-0.1, -0.05) is 13.0 Å². The lowest BCUT2D eigenvalue weighted by atomic mass is 10.0. The van der Waals surface area contributed by atoms with Gasteiger partial charge in [-0.3, -0.25) is 14.9 Å². The van der Waals surface area contributed by atoms with Crippen LogP contribution in [-0.4, -0.2) is 36.7 Å². The van der Waals surface area contributed by atoms with Crippen molar-refractivity contribution >= 4 is 29.6 Å². The number of phenolic OH excluding ortho intramolecular Hbond substituents is 1. The van der Waals surface area contributed by atoms with E-state index in [0.717, 1.165) is 16.9 Å². The third-order valence-electron chi connectivity index (χ3n) is 4.71. The highest BCUT2D eigenvalue weighted by Crippen LogP contribution is 2.35. The van der Waals surface area contributed by atoms with E-state index in [9.17, 15) is 19.5 Å². The van der Waals surface area contributed by atoms with Crippen molar-refractivity contribution in [2.75, 3.05) is 18.6 Å². The van der Waals surface area contributed by atoms with Crippen molar-refractivity contribution in [3.63, 3.8) is 0 Å². The molecule has 0 atom stereocenters. The molecular formula is C24H24N2O6. The summed E-state index contributed by atoms with van der Waals surface area (Å²) >= 11 is 0. The van der Waals surface area contributed by atoms with E-state index in [1.165, 1.54) is 37.5 Å². The highest BCUT2D eigenvalue weighted by Gasteiger charge is 2.36. The number of carbonyl (C=O) groups excluding carboxylic acids is 3. The van der Waals surface area contributed by atoms with Crippen molar-refractivity contribution in [1.29, 1.82) is 0 Å². The Bertz CT molecular complexity index is 1090. The zero-order chi connectivity index (χ0) is 23.3. The van der Waals surface area contributed by atoms with Gasteiger partial charge in [0.1, 0.15) is 11.3 Å². The maximum Gasteiger partial charge on any atom is 0.335 e. The number of ether oxygens (including phenoxy) is 2. The van der Waals surface area contributed by atoms with E-state index in [1.54, 1.807) is 18.2 Å². The molecule has 1 saturated heterocycles. The van der Waals surface area contributed by atoms with Crippen molar-refractivity contribution in [2.24, 2.45) is 0 Å². The predicted molar refractivity (Wildman–Crippen MR) is 120 cm³/mol. The number of methoxy groups -OCH3 is 1. The van der Waals surface area contributed by atoms with Crippen LogP contribution in [-0.2, 0) is 16.0 Å². The molecule has 1 fully saturated rings. The molecule has 1 aliphatic heterocycles. The minimum atomic E-state index is -0.865. The Hall–Kier alpha value is -4.07. The fraction of sp³-hybridized carbons (Fsp3) is 0.208. The smallest absolute Gasteiger partial charge is 0.335 e. The fourth-order valence-electron chi connectivity index (χ4n) is 3.25. The summed E-state index contributed by atoms with van der Waals surface area (Å²) in [5, 5.41) is 11.6. The van der Waals surface area contributed by atoms with Crippen LogP contribution in [0.5, 0.6) is 17.2 Å². The normalized spacial score (nSPS) is 15.0. The molecule has 0 radical (unpaired) electrons. The van der Waals surface area contributed by atoms with E-state index in [0.29, 0.717) is 30.1 Å². The van der Waals surface area contributed by atoms with E-state index < -0.39 is 17.8 Å². The summed E-state index contributed by atoms with van der Waals surface area (Å²) in [5.41, 5.74) is 1.32. The molecule has 2 aromatic rings. The van der Waals surface area contributed by atoms with E-state index in [-0.39, 0.29) is 17.0 Å². The molecule has 4 amide bonds. The third-order valence-corrected chi connectivity index (χ3v) is 4.71. The van der Waals surface area contributed by atoms with Crippen LogP contribution in [0.2, 0.25) is 0 Å². The largest absolute Gasteiger partial charge is 0.508 e. The molecule has 32 heavy (non-hydrogen) atoms. The van der Waals surface area contributed by atoms with Gasteiger partial charge in [0.2, 0.25) is 0 Å². The van der Waals surface area contributed by atoms with Gasteiger partial charge in [0.25, 0.3) is 11.8 Å². The second-order valence-corrected chi connectivity index (χ2v) is 7.03. The average molecular weight is 436 g/mol. The van der Waals surface area contributed by atoms with Crippen LogP contribution in [0.4, 0.5) is 10.5 Å². The molecule has 0 spiro atoms. The zero-order valence-electron chi connectivity index (χ0n) is 17.9. The van der Waals surface area contributed by atoms with Gasteiger partial charge in [-0.05, 0) is 60.9 Å². The first-order valence-corrected chi connectivity index (χ1v) is 10.0. The predicted octanol–water partition coefficient (Wildman–Crippen LogP) is 3.58. The van der Waals surface area contributed by atoms with Crippen LogP contribution >= 0.6 is 0 Å².